The van der Waals surface area contributed by atoms with Gasteiger partial charge in [0.15, 0.2) is 17.4 Å². The van der Waals surface area contributed by atoms with Crippen molar-refractivity contribution in [1.29, 1.82) is 5.26 Å². The van der Waals surface area contributed by atoms with Crippen molar-refractivity contribution in [2.75, 3.05) is 0 Å². The lowest BCUT2D eigenvalue weighted by Gasteiger charge is -2.19. The minimum Gasteiger partial charge on any atom is -0.483 e. The van der Waals surface area contributed by atoms with Crippen LogP contribution in [0, 0.1) is 24.1 Å². The SMILES string of the molecule is Cc1cc(Oc2ccnc(COc3ccc(C#N)cc3F)n2)ccc1CC(=O)OC(C)(C)C. The number of halogens is 1. The summed E-state index contributed by atoms with van der Waals surface area (Å²) in [7, 11) is 0. The molecule has 0 spiro atoms. The van der Waals surface area contributed by atoms with Gasteiger partial charge in [0.05, 0.1) is 18.1 Å². The Hall–Kier alpha value is -3.99. The van der Waals surface area contributed by atoms with Gasteiger partial charge in [0.1, 0.15) is 18.0 Å². The van der Waals surface area contributed by atoms with Gasteiger partial charge in [-0.25, -0.2) is 9.37 Å². The highest BCUT2D eigenvalue weighted by Crippen LogP contribution is 2.24. The molecule has 0 N–H and O–H groups in total. The number of esters is 1. The standard InChI is InChI=1S/C25H24FN3O4/c1-16-11-19(7-6-18(16)13-24(30)33-25(2,3)4)32-23-9-10-28-22(29-23)15-31-21-8-5-17(14-27)12-20(21)26/h5-12H,13,15H2,1-4H3. The average molecular weight is 449 g/mol. The molecule has 0 fully saturated rings. The molecule has 0 saturated carbocycles. The maximum Gasteiger partial charge on any atom is 0.310 e. The van der Waals surface area contributed by atoms with Crippen LogP contribution in [0.15, 0.2) is 48.7 Å². The fourth-order valence-electron chi connectivity index (χ4n) is 2.92. The molecule has 8 heteroatoms. The van der Waals surface area contributed by atoms with Gasteiger partial charge in [-0.05, 0) is 69.2 Å². The molecular formula is C25H24FN3O4. The van der Waals surface area contributed by atoms with Crippen LogP contribution in [-0.2, 0) is 22.6 Å². The Bertz CT molecular complexity index is 1200. The Morgan fingerprint density at radius 3 is 2.61 bits per heavy atom. The fourth-order valence-corrected chi connectivity index (χ4v) is 2.92. The number of carbonyl (C=O) groups excluding carboxylic acids is 1. The summed E-state index contributed by atoms with van der Waals surface area (Å²) in [5.41, 5.74) is 1.40. The van der Waals surface area contributed by atoms with Crippen molar-refractivity contribution in [2.45, 2.75) is 46.3 Å². The van der Waals surface area contributed by atoms with Gasteiger partial charge in [0, 0.05) is 12.3 Å². The maximum atomic E-state index is 14.0. The molecule has 0 saturated heterocycles. The molecule has 33 heavy (non-hydrogen) atoms. The van der Waals surface area contributed by atoms with E-state index in [2.05, 4.69) is 9.97 Å². The Morgan fingerprint density at radius 2 is 1.94 bits per heavy atom. The van der Waals surface area contributed by atoms with Gasteiger partial charge in [-0.3, -0.25) is 4.79 Å². The molecule has 3 aromatic rings. The molecule has 0 aliphatic carbocycles. The van der Waals surface area contributed by atoms with Gasteiger partial charge >= 0.3 is 5.97 Å². The second kappa shape index (κ2) is 10.1. The predicted molar refractivity (Wildman–Crippen MR) is 118 cm³/mol. The van der Waals surface area contributed by atoms with Crippen LogP contribution < -0.4 is 9.47 Å². The van der Waals surface area contributed by atoms with Gasteiger partial charge < -0.3 is 14.2 Å². The number of hydrogen-bond acceptors (Lipinski definition) is 7. The quantitative estimate of drug-likeness (QED) is 0.466. The van der Waals surface area contributed by atoms with Crippen molar-refractivity contribution < 1.29 is 23.4 Å². The molecule has 0 bridgehead atoms. The van der Waals surface area contributed by atoms with Crippen molar-refractivity contribution in [3.05, 3.63) is 77.0 Å². The number of ether oxygens (including phenoxy) is 3. The summed E-state index contributed by atoms with van der Waals surface area (Å²) in [6, 6.07) is 12.8. The van der Waals surface area contributed by atoms with Crippen LogP contribution in [0.2, 0.25) is 0 Å². The molecule has 0 aliphatic heterocycles. The van der Waals surface area contributed by atoms with E-state index in [9.17, 15) is 9.18 Å². The fraction of sp³-hybridized carbons (Fsp3) is 0.280. The summed E-state index contributed by atoms with van der Waals surface area (Å²) in [5.74, 6) is 0.212. The summed E-state index contributed by atoms with van der Waals surface area (Å²) >= 11 is 0. The van der Waals surface area contributed by atoms with E-state index in [1.165, 1.54) is 18.3 Å². The number of rotatable bonds is 7. The number of carbonyl (C=O) groups is 1. The zero-order valence-corrected chi connectivity index (χ0v) is 18.9. The third-order valence-corrected chi connectivity index (χ3v) is 4.39. The molecular weight excluding hydrogens is 425 g/mol. The molecule has 1 heterocycles. The molecule has 0 aliphatic rings. The van der Waals surface area contributed by atoms with Gasteiger partial charge in [0.25, 0.3) is 0 Å². The van der Waals surface area contributed by atoms with Crippen LogP contribution in [0.3, 0.4) is 0 Å². The smallest absolute Gasteiger partial charge is 0.310 e. The van der Waals surface area contributed by atoms with E-state index < -0.39 is 11.4 Å². The van der Waals surface area contributed by atoms with Crippen LogP contribution >= 0.6 is 0 Å². The van der Waals surface area contributed by atoms with Crippen LogP contribution in [0.25, 0.3) is 0 Å². The molecule has 0 amide bonds. The topological polar surface area (TPSA) is 94.3 Å². The first-order chi connectivity index (χ1) is 15.6. The van der Waals surface area contributed by atoms with Gasteiger partial charge in [-0.15, -0.1) is 0 Å². The monoisotopic (exact) mass is 449 g/mol. The first kappa shape index (κ1) is 23.7. The average Bonchev–Trinajstić information content (AvgIpc) is 2.74. The Morgan fingerprint density at radius 1 is 1.15 bits per heavy atom. The zero-order valence-electron chi connectivity index (χ0n) is 18.9. The van der Waals surface area contributed by atoms with Crippen LogP contribution in [0.4, 0.5) is 4.39 Å². The number of nitriles is 1. The number of aryl methyl sites for hydroxylation is 1. The van der Waals surface area contributed by atoms with E-state index in [-0.39, 0.29) is 30.3 Å². The minimum absolute atomic E-state index is 0.000113. The van der Waals surface area contributed by atoms with Crippen molar-refractivity contribution >= 4 is 5.97 Å². The first-order valence-electron chi connectivity index (χ1n) is 10.3. The second-order valence-corrected chi connectivity index (χ2v) is 8.31. The lowest BCUT2D eigenvalue weighted by Crippen LogP contribution is -2.25. The van der Waals surface area contributed by atoms with Crippen molar-refractivity contribution in [3.63, 3.8) is 0 Å². The highest BCUT2D eigenvalue weighted by Gasteiger charge is 2.17. The Kier molecular flexibility index (Phi) is 7.23. The van der Waals surface area contributed by atoms with Crippen molar-refractivity contribution in [1.82, 2.24) is 9.97 Å². The van der Waals surface area contributed by atoms with E-state index in [1.807, 2.05) is 45.9 Å². The Labute approximate surface area is 191 Å². The molecule has 7 nitrogen and oxygen atoms in total. The third-order valence-electron chi connectivity index (χ3n) is 4.39. The normalized spacial score (nSPS) is 10.9. The third kappa shape index (κ3) is 7.01. The summed E-state index contributed by atoms with van der Waals surface area (Å²) in [4.78, 5) is 20.5. The summed E-state index contributed by atoms with van der Waals surface area (Å²) in [6.07, 6.45) is 1.68. The van der Waals surface area contributed by atoms with E-state index in [0.29, 0.717) is 17.5 Å². The van der Waals surface area contributed by atoms with Gasteiger partial charge in [-0.1, -0.05) is 6.07 Å². The number of aromatic nitrogens is 2. The highest BCUT2D eigenvalue weighted by molar-refractivity contribution is 5.73. The van der Waals surface area contributed by atoms with E-state index >= 15 is 0 Å². The predicted octanol–water partition coefficient (Wildman–Crippen LogP) is 5.05. The number of nitrogens with zero attached hydrogens (tertiary/aromatic N) is 3. The van der Waals surface area contributed by atoms with Crippen LogP contribution in [0.1, 0.15) is 43.3 Å². The number of hydrogen-bond donors (Lipinski definition) is 0. The zero-order chi connectivity index (χ0) is 24.0. The maximum absolute atomic E-state index is 14.0. The Balaban J connectivity index is 1.63. The second-order valence-electron chi connectivity index (χ2n) is 8.31. The number of benzene rings is 2. The van der Waals surface area contributed by atoms with Crippen molar-refractivity contribution in [3.8, 4) is 23.4 Å². The molecule has 170 valence electrons. The van der Waals surface area contributed by atoms with E-state index in [0.717, 1.165) is 17.2 Å². The van der Waals surface area contributed by atoms with Crippen LogP contribution in [-0.4, -0.2) is 21.5 Å². The molecule has 3 rings (SSSR count). The molecule has 0 atom stereocenters. The largest absolute Gasteiger partial charge is 0.483 e. The molecule has 2 aromatic carbocycles. The van der Waals surface area contributed by atoms with E-state index in [4.69, 9.17) is 19.5 Å². The van der Waals surface area contributed by atoms with Crippen molar-refractivity contribution in [2.24, 2.45) is 0 Å². The molecule has 0 radical (unpaired) electrons. The van der Waals surface area contributed by atoms with Gasteiger partial charge in [-0.2, -0.15) is 10.2 Å². The summed E-state index contributed by atoms with van der Waals surface area (Å²) in [6.45, 7) is 7.30. The molecule has 0 unspecified atom stereocenters. The lowest BCUT2D eigenvalue weighted by atomic mass is 10.1. The summed E-state index contributed by atoms with van der Waals surface area (Å²) < 4.78 is 30.6. The summed E-state index contributed by atoms with van der Waals surface area (Å²) in [5, 5.41) is 8.81. The van der Waals surface area contributed by atoms with E-state index in [1.54, 1.807) is 12.1 Å². The van der Waals surface area contributed by atoms with Crippen LogP contribution in [0.5, 0.6) is 17.4 Å². The molecule has 1 aromatic heterocycles. The first-order valence-corrected chi connectivity index (χ1v) is 10.3. The highest BCUT2D eigenvalue weighted by atomic mass is 19.1. The van der Waals surface area contributed by atoms with Gasteiger partial charge in [0.2, 0.25) is 5.88 Å². The lowest BCUT2D eigenvalue weighted by molar-refractivity contribution is -0.153. The minimum atomic E-state index is -0.636.